The molecular weight excluding hydrogens is 156 g/mol. The van der Waals surface area contributed by atoms with Crippen LogP contribution in [0.4, 0.5) is 0 Å². The molecule has 1 atom stereocenters. The van der Waals surface area contributed by atoms with Gasteiger partial charge in [-0.05, 0) is 36.5 Å². The molecule has 1 unspecified atom stereocenters. The fourth-order valence-electron chi connectivity index (χ4n) is 2.72. The van der Waals surface area contributed by atoms with E-state index in [1.54, 1.807) is 0 Å². The Hall–Kier alpha value is 0. The average Bonchev–Trinajstić information content (AvgIpc) is 2.00. The summed E-state index contributed by atoms with van der Waals surface area (Å²) in [6.07, 6.45) is 8.77. The normalized spacial score (nSPS) is 22.8. The molecule has 0 heteroatoms. The van der Waals surface area contributed by atoms with Gasteiger partial charge >= 0.3 is 0 Å². The summed E-state index contributed by atoms with van der Waals surface area (Å²) in [6, 6.07) is 0. The van der Waals surface area contributed by atoms with Crippen molar-refractivity contribution in [1.82, 2.24) is 0 Å². The van der Waals surface area contributed by atoms with Crippen molar-refractivity contribution in [2.75, 3.05) is 0 Å². The van der Waals surface area contributed by atoms with E-state index in [-0.39, 0.29) is 0 Å². The van der Waals surface area contributed by atoms with Crippen LogP contribution in [0, 0.1) is 17.3 Å². The van der Waals surface area contributed by atoms with E-state index in [2.05, 4.69) is 27.7 Å². The van der Waals surface area contributed by atoms with Crippen LogP contribution in [0.5, 0.6) is 0 Å². The Balaban J connectivity index is 2.32. The van der Waals surface area contributed by atoms with Crippen LogP contribution in [0.3, 0.4) is 0 Å². The van der Waals surface area contributed by atoms with Crippen molar-refractivity contribution in [2.24, 2.45) is 17.3 Å². The summed E-state index contributed by atoms with van der Waals surface area (Å²) < 4.78 is 0. The minimum atomic E-state index is 0.759. The molecule has 0 nitrogen and oxygen atoms in total. The Morgan fingerprint density at radius 2 is 1.69 bits per heavy atom. The first-order valence-corrected chi connectivity index (χ1v) is 6.10. The van der Waals surface area contributed by atoms with Crippen molar-refractivity contribution >= 4 is 0 Å². The molecule has 0 heterocycles. The van der Waals surface area contributed by atoms with Gasteiger partial charge in [-0.25, -0.2) is 0 Å². The van der Waals surface area contributed by atoms with E-state index in [1.807, 2.05) is 0 Å². The van der Waals surface area contributed by atoms with Crippen molar-refractivity contribution in [3.05, 3.63) is 0 Å². The third-order valence-electron chi connectivity index (χ3n) is 4.28. The fourth-order valence-corrected chi connectivity index (χ4v) is 2.72. The maximum Gasteiger partial charge on any atom is -0.0274 e. The van der Waals surface area contributed by atoms with Gasteiger partial charge in [0.05, 0.1) is 0 Å². The molecule has 13 heavy (non-hydrogen) atoms. The minimum absolute atomic E-state index is 0.759. The molecule has 1 saturated carbocycles. The predicted molar refractivity (Wildman–Crippen MR) is 59.8 cm³/mol. The molecule has 1 aliphatic rings. The van der Waals surface area contributed by atoms with Crippen LogP contribution in [0.25, 0.3) is 0 Å². The highest BCUT2D eigenvalue weighted by atomic mass is 14.4. The Labute approximate surface area is 84.1 Å². The maximum absolute atomic E-state index is 2.48. The van der Waals surface area contributed by atoms with Crippen LogP contribution in [0.2, 0.25) is 0 Å². The number of rotatable bonds is 5. The van der Waals surface area contributed by atoms with Crippen molar-refractivity contribution < 1.29 is 0 Å². The lowest BCUT2D eigenvalue weighted by atomic mass is 9.59. The highest BCUT2D eigenvalue weighted by molar-refractivity contribution is 4.90. The zero-order chi connectivity index (χ0) is 9.90. The summed E-state index contributed by atoms with van der Waals surface area (Å²) in [6.45, 7) is 9.54. The van der Waals surface area contributed by atoms with Crippen LogP contribution < -0.4 is 0 Å². The number of hydrogen-bond donors (Lipinski definition) is 0. The van der Waals surface area contributed by atoms with Crippen molar-refractivity contribution in [3.8, 4) is 0 Å². The van der Waals surface area contributed by atoms with Gasteiger partial charge in [-0.3, -0.25) is 0 Å². The van der Waals surface area contributed by atoms with E-state index >= 15 is 0 Å². The van der Waals surface area contributed by atoms with Gasteiger partial charge in [0.15, 0.2) is 0 Å². The molecule has 0 aromatic carbocycles. The highest BCUT2D eigenvalue weighted by Crippen LogP contribution is 2.51. The molecule has 0 aromatic rings. The van der Waals surface area contributed by atoms with Crippen LogP contribution in [-0.4, -0.2) is 0 Å². The lowest BCUT2D eigenvalue weighted by Gasteiger charge is -2.46. The third-order valence-corrected chi connectivity index (χ3v) is 4.28. The minimum Gasteiger partial charge on any atom is -0.0648 e. The highest BCUT2D eigenvalue weighted by Gasteiger charge is 2.39. The van der Waals surface area contributed by atoms with E-state index < -0.39 is 0 Å². The van der Waals surface area contributed by atoms with Gasteiger partial charge in [-0.15, -0.1) is 0 Å². The standard InChI is InChI=1S/C13H26/c1-5-13(9-6-10-13)12(4)8-7-11(2)3/h11-12H,5-10H2,1-4H3. The summed E-state index contributed by atoms with van der Waals surface area (Å²) >= 11 is 0. The largest absolute Gasteiger partial charge is 0.0648 e. The number of hydrogen-bond acceptors (Lipinski definition) is 0. The Morgan fingerprint density at radius 3 is 2.00 bits per heavy atom. The Kier molecular flexibility index (Phi) is 3.82. The molecule has 1 rings (SSSR count). The first kappa shape index (κ1) is 11.1. The summed E-state index contributed by atoms with van der Waals surface area (Å²) in [5.74, 6) is 1.85. The summed E-state index contributed by atoms with van der Waals surface area (Å²) in [4.78, 5) is 0. The summed E-state index contributed by atoms with van der Waals surface area (Å²) in [5.41, 5.74) is 0.759. The van der Waals surface area contributed by atoms with Gasteiger partial charge in [0.1, 0.15) is 0 Å². The second-order valence-corrected chi connectivity index (χ2v) is 5.44. The zero-order valence-electron chi connectivity index (χ0n) is 9.90. The average molecular weight is 182 g/mol. The Morgan fingerprint density at radius 1 is 1.08 bits per heavy atom. The molecule has 0 spiro atoms. The summed E-state index contributed by atoms with van der Waals surface area (Å²) in [5, 5.41) is 0. The third kappa shape index (κ3) is 2.48. The van der Waals surface area contributed by atoms with Gasteiger partial charge in [0, 0.05) is 0 Å². The molecule has 0 bridgehead atoms. The van der Waals surface area contributed by atoms with Crippen LogP contribution in [-0.2, 0) is 0 Å². The molecule has 0 amide bonds. The molecule has 0 aliphatic heterocycles. The van der Waals surface area contributed by atoms with E-state index in [1.165, 1.54) is 38.5 Å². The van der Waals surface area contributed by atoms with Crippen LogP contribution >= 0.6 is 0 Å². The van der Waals surface area contributed by atoms with Gasteiger partial charge in [-0.1, -0.05) is 47.0 Å². The second-order valence-electron chi connectivity index (χ2n) is 5.44. The lowest BCUT2D eigenvalue weighted by molar-refractivity contribution is 0.0458. The second kappa shape index (κ2) is 4.48. The smallest absolute Gasteiger partial charge is 0.0274 e. The molecule has 78 valence electrons. The van der Waals surface area contributed by atoms with Gasteiger partial charge in [0.2, 0.25) is 0 Å². The molecule has 0 radical (unpaired) electrons. The lowest BCUT2D eigenvalue weighted by Crippen LogP contribution is -2.35. The first-order chi connectivity index (χ1) is 6.10. The Bertz CT molecular complexity index is 137. The fraction of sp³-hybridized carbons (Fsp3) is 1.00. The van der Waals surface area contributed by atoms with Crippen LogP contribution in [0.1, 0.15) is 66.2 Å². The van der Waals surface area contributed by atoms with Crippen molar-refractivity contribution in [3.63, 3.8) is 0 Å². The van der Waals surface area contributed by atoms with Crippen LogP contribution in [0.15, 0.2) is 0 Å². The topological polar surface area (TPSA) is 0 Å². The van der Waals surface area contributed by atoms with E-state index in [0.29, 0.717) is 0 Å². The van der Waals surface area contributed by atoms with Gasteiger partial charge in [0.25, 0.3) is 0 Å². The zero-order valence-corrected chi connectivity index (χ0v) is 9.90. The van der Waals surface area contributed by atoms with E-state index in [4.69, 9.17) is 0 Å². The predicted octanol–water partition coefficient (Wildman–Crippen LogP) is 4.64. The van der Waals surface area contributed by atoms with Crippen molar-refractivity contribution in [1.29, 1.82) is 0 Å². The summed E-state index contributed by atoms with van der Waals surface area (Å²) in [7, 11) is 0. The molecular formula is C13H26. The van der Waals surface area contributed by atoms with E-state index in [0.717, 1.165) is 17.3 Å². The van der Waals surface area contributed by atoms with Crippen molar-refractivity contribution in [2.45, 2.75) is 66.2 Å². The SMILES string of the molecule is CCC1(C(C)CCC(C)C)CCC1. The molecule has 0 N–H and O–H groups in total. The molecule has 1 aliphatic carbocycles. The van der Waals surface area contributed by atoms with E-state index in [9.17, 15) is 0 Å². The van der Waals surface area contributed by atoms with Gasteiger partial charge in [-0.2, -0.15) is 0 Å². The quantitative estimate of drug-likeness (QED) is 0.581. The first-order valence-electron chi connectivity index (χ1n) is 6.10. The maximum atomic E-state index is 2.48. The monoisotopic (exact) mass is 182 g/mol. The molecule has 1 fully saturated rings. The molecule has 0 saturated heterocycles. The van der Waals surface area contributed by atoms with Gasteiger partial charge < -0.3 is 0 Å². The molecule has 0 aromatic heterocycles.